The van der Waals surface area contributed by atoms with E-state index in [9.17, 15) is 4.79 Å². The summed E-state index contributed by atoms with van der Waals surface area (Å²) in [5, 5.41) is 12.1. The van der Waals surface area contributed by atoms with Crippen molar-refractivity contribution in [2.75, 3.05) is 5.75 Å². The van der Waals surface area contributed by atoms with Gasteiger partial charge in [0.1, 0.15) is 6.04 Å². The topological polar surface area (TPSA) is 49.3 Å². The predicted molar refractivity (Wildman–Crippen MR) is 64.2 cm³/mol. The van der Waals surface area contributed by atoms with Gasteiger partial charge in [0.2, 0.25) is 0 Å². The average Bonchev–Trinajstić information content (AvgIpc) is 2.57. The van der Waals surface area contributed by atoms with E-state index >= 15 is 0 Å². The Morgan fingerprint density at radius 2 is 2.27 bits per heavy atom. The Hall–Kier alpha value is -0.220. The highest BCUT2D eigenvalue weighted by Crippen LogP contribution is 2.34. The molecule has 0 spiro atoms. The second kappa shape index (κ2) is 5.75. The van der Waals surface area contributed by atoms with E-state index in [0.717, 1.165) is 6.42 Å². The van der Waals surface area contributed by atoms with Crippen LogP contribution in [0.2, 0.25) is 0 Å². The number of hydrogen-bond acceptors (Lipinski definition) is 3. The number of carbonyl (C=O) groups is 1. The van der Waals surface area contributed by atoms with Crippen molar-refractivity contribution in [3.8, 4) is 0 Å². The third-order valence-electron chi connectivity index (χ3n) is 2.85. The second-order valence-electron chi connectivity index (χ2n) is 4.39. The Kier molecular flexibility index (Phi) is 4.93. The van der Waals surface area contributed by atoms with Crippen molar-refractivity contribution in [3.05, 3.63) is 0 Å². The molecule has 0 aliphatic carbocycles. The van der Waals surface area contributed by atoms with Gasteiger partial charge in [-0.05, 0) is 13.3 Å². The van der Waals surface area contributed by atoms with Crippen LogP contribution in [0.5, 0.6) is 0 Å². The van der Waals surface area contributed by atoms with Gasteiger partial charge in [-0.15, -0.1) is 11.8 Å². The number of rotatable bonds is 6. The Morgan fingerprint density at radius 1 is 1.53 bits per heavy atom. The highest BCUT2D eigenvalue weighted by atomic mass is 32.2. The van der Waals surface area contributed by atoms with Crippen LogP contribution in [0.15, 0.2) is 0 Å². The summed E-state index contributed by atoms with van der Waals surface area (Å²) in [6.45, 7) is 4.32. The number of carboxylic acid groups (broad SMARTS) is 1. The Labute approximate surface area is 96.0 Å². The summed E-state index contributed by atoms with van der Waals surface area (Å²) in [4.78, 5) is 10.8. The first-order valence-corrected chi connectivity index (χ1v) is 6.70. The maximum atomic E-state index is 10.8. The largest absolute Gasteiger partial charge is 0.480 e. The van der Waals surface area contributed by atoms with Crippen LogP contribution in [0.4, 0.5) is 0 Å². The molecular formula is C11H21NO2S. The van der Waals surface area contributed by atoms with Crippen LogP contribution >= 0.6 is 11.8 Å². The molecule has 2 atom stereocenters. The van der Waals surface area contributed by atoms with E-state index in [0.29, 0.717) is 5.75 Å². The Bertz CT molecular complexity index is 223. The molecule has 0 aromatic rings. The Balaban J connectivity index is 2.26. The maximum Gasteiger partial charge on any atom is 0.321 e. The van der Waals surface area contributed by atoms with Crippen molar-refractivity contribution in [3.63, 3.8) is 0 Å². The minimum atomic E-state index is -0.722. The number of carboxylic acids is 1. The van der Waals surface area contributed by atoms with Gasteiger partial charge in [-0.2, -0.15) is 0 Å². The molecule has 0 amide bonds. The average molecular weight is 231 g/mol. The standard InChI is InChI=1S/C11H21NO2S/c1-3-4-5-6-7-11(2)12-9(8-15-11)10(13)14/h9,12H,3-8H2,1-2H3,(H,13,14)/t9-,11?/m0/s1. The normalized spacial score (nSPS) is 30.7. The summed E-state index contributed by atoms with van der Waals surface area (Å²) in [7, 11) is 0. The molecule has 1 unspecified atom stereocenters. The fourth-order valence-corrected chi connectivity index (χ4v) is 3.16. The lowest BCUT2D eigenvalue weighted by molar-refractivity contribution is -0.138. The molecular weight excluding hydrogens is 210 g/mol. The molecule has 0 bridgehead atoms. The zero-order valence-corrected chi connectivity index (χ0v) is 10.4. The summed E-state index contributed by atoms with van der Waals surface area (Å²) < 4.78 is 0. The summed E-state index contributed by atoms with van der Waals surface area (Å²) in [6.07, 6.45) is 6.04. The van der Waals surface area contributed by atoms with Crippen LogP contribution in [-0.4, -0.2) is 27.7 Å². The number of unbranched alkanes of at least 4 members (excludes halogenated alkanes) is 3. The van der Waals surface area contributed by atoms with Gasteiger partial charge >= 0.3 is 5.97 Å². The van der Waals surface area contributed by atoms with E-state index < -0.39 is 5.97 Å². The first kappa shape index (κ1) is 12.8. The van der Waals surface area contributed by atoms with Crippen LogP contribution in [0.1, 0.15) is 46.0 Å². The van der Waals surface area contributed by atoms with Crippen LogP contribution in [0.25, 0.3) is 0 Å². The van der Waals surface area contributed by atoms with Gasteiger partial charge in [0, 0.05) is 5.75 Å². The lowest BCUT2D eigenvalue weighted by Crippen LogP contribution is -2.43. The van der Waals surface area contributed by atoms with E-state index in [1.165, 1.54) is 25.7 Å². The predicted octanol–water partition coefficient (Wildman–Crippen LogP) is 2.46. The maximum absolute atomic E-state index is 10.8. The SMILES string of the molecule is CCCCCCC1(C)N[C@H](C(=O)O)CS1. The van der Waals surface area contributed by atoms with Crippen molar-refractivity contribution in [2.24, 2.45) is 0 Å². The molecule has 0 aromatic carbocycles. The van der Waals surface area contributed by atoms with Crippen molar-refractivity contribution in [1.82, 2.24) is 5.32 Å². The summed E-state index contributed by atoms with van der Waals surface area (Å²) >= 11 is 1.75. The molecule has 1 heterocycles. The fourth-order valence-electron chi connectivity index (χ4n) is 1.89. The zero-order valence-electron chi connectivity index (χ0n) is 9.58. The monoisotopic (exact) mass is 231 g/mol. The highest BCUT2D eigenvalue weighted by Gasteiger charge is 2.37. The molecule has 1 fully saturated rings. The molecule has 15 heavy (non-hydrogen) atoms. The van der Waals surface area contributed by atoms with E-state index in [1.807, 2.05) is 0 Å². The van der Waals surface area contributed by atoms with Crippen LogP contribution < -0.4 is 5.32 Å². The Morgan fingerprint density at radius 3 is 2.80 bits per heavy atom. The van der Waals surface area contributed by atoms with E-state index in [-0.39, 0.29) is 10.9 Å². The van der Waals surface area contributed by atoms with Crippen LogP contribution in [-0.2, 0) is 4.79 Å². The molecule has 2 N–H and O–H groups in total. The van der Waals surface area contributed by atoms with Crippen molar-refractivity contribution in [2.45, 2.75) is 56.9 Å². The minimum absolute atomic E-state index is 0.0171. The first-order chi connectivity index (χ1) is 7.07. The summed E-state index contributed by atoms with van der Waals surface area (Å²) in [5.41, 5.74) is 0. The van der Waals surface area contributed by atoms with Gasteiger partial charge in [0.25, 0.3) is 0 Å². The summed E-state index contributed by atoms with van der Waals surface area (Å²) in [6, 6.07) is -0.355. The van der Waals surface area contributed by atoms with Gasteiger partial charge in [0.15, 0.2) is 0 Å². The second-order valence-corrected chi connectivity index (χ2v) is 5.91. The molecule has 3 nitrogen and oxygen atoms in total. The number of aliphatic carboxylic acids is 1. The molecule has 1 aliphatic rings. The summed E-state index contributed by atoms with van der Waals surface area (Å²) in [5.74, 6) is -0.0284. The third kappa shape index (κ3) is 4.03. The van der Waals surface area contributed by atoms with Gasteiger partial charge < -0.3 is 5.11 Å². The molecule has 4 heteroatoms. The van der Waals surface area contributed by atoms with Gasteiger partial charge in [-0.3, -0.25) is 10.1 Å². The lowest BCUT2D eigenvalue weighted by Gasteiger charge is -2.23. The van der Waals surface area contributed by atoms with Crippen LogP contribution in [0, 0.1) is 0 Å². The quantitative estimate of drug-likeness (QED) is 0.689. The van der Waals surface area contributed by atoms with Gasteiger partial charge in [0.05, 0.1) is 4.87 Å². The van der Waals surface area contributed by atoms with E-state index in [1.54, 1.807) is 11.8 Å². The fraction of sp³-hybridized carbons (Fsp3) is 0.909. The highest BCUT2D eigenvalue weighted by molar-refractivity contribution is 8.00. The number of thioether (sulfide) groups is 1. The molecule has 1 rings (SSSR count). The van der Waals surface area contributed by atoms with Crippen molar-refractivity contribution >= 4 is 17.7 Å². The molecule has 1 aliphatic heterocycles. The van der Waals surface area contributed by atoms with Crippen molar-refractivity contribution < 1.29 is 9.90 Å². The van der Waals surface area contributed by atoms with E-state index in [2.05, 4.69) is 19.2 Å². The van der Waals surface area contributed by atoms with E-state index in [4.69, 9.17) is 5.11 Å². The molecule has 0 radical (unpaired) electrons. The minimum Gasteiger partial charge on any atom is -0.480 e. The zero-order chi connectivity index (χ0) is 11.3. The van der Waals surface area contributed by atoms with Crippen molar-refractivity contribution in [1.29, 1.82) is 0 Å². The molecule has 88 valence electrons. The molecule has 0 saturated carbocycles. The van der Waals surface area contributed by atoms with Gasteiger partial charge in [-0.1, -0.05) is 32.6 Å². The molecule has 1 saturated heterocycles. The first-order valence-electron chi connectivity index (χ1n) is 5.72. The smallest absolute Gasteiger partial charge is 0.321 e. The number of hydrogen-bond donors (Lipinski definition) is 2. The van der Waals surface area contributed by atoms with Crippen LogP contribution in [0.3, 0.4) is 0 Å². The lowest BCUT2D eigenvalue weighted by atomic mass is 10.1. The molecule has 0 aromatic heterocycles. The van der Waals surface area contributed by atoms with Gasteiger partial charge in [-0.25, -0.2) is 0 Å². The third-order valence-corrected chi connectivity index (χ3v) is 4.31. The number of nitrogens with one attached hydrogen (secondary N) is 1.